The summed E-state index contributed by atoms with van der Waals surface area (Å²) in [7, 11) is -1.67. The van der Waals surface area contributed by atoms with Gasteiger partial charge in [0.15, 0.2) is 0 Å². The van der Waals surface area contributed by atoms with Gasteiger partial charge in [0.2, 0.25) is 0 Å². The Morgan fingerprint density at radius 3 is 2.06 bits per heavy atom. The zero-order chi connectivity index (χ0) is 13.3. The lowest BCUT2D eigenvalue weighted by molar-refractivity contribution is -0.132. The molecule has 3 heteroatoms. The molecule has 0 bridgehead atoms. The Bertz CT molecular complexity index is 251. The van der Waals surface area contributed by atoms with Crippen molar-refractivity contribution in [2.24, 2.45) is 0 Å². The maximum atomic E-state index is 11.1. The first kappa shape index (κ1) is 16.4. The van der Waals surface area contributed by atoms with Crippen molar-refractivity contribution in [1.82, 2.24) is 0 Å². The van der Waals surface area contributed by atoms with Gasteiger partial charge in [0.1, 0.15) is 0 Å². The van der Waals surface area contributed by atoms with Gasteiger partial charge in [0, 0.05) is 5.20 Å². The van der Waals surface area contributed by atoms with Gasteiger partial charge in [0.25, 0.3) is 0 Å². The van der Waals surface area contributed by atoms with Gasteiger partial charge in [-0.25, -0.2) is 4.79 Å². The Kier molecular flexibility index (Phi) is 8.22. The minimum Gasteiger partial charge on any atom is -0.478 e. The third kappa shape index (κ3) is 8.19. The van der Waals surface area contributed by atoms with Gasteiger partial charge >= 0.3 is 5.97 Å². The molecule has 0 unspecified atom stereocenters. The van der Waals surface area contributed by atoms with Crippen LogP contribution in [0.1, 0.15) is 51.9 Å². The molecule has 0 heterocycles. The lowest BCUT2D eigenvalue weighted by Gasteiger charge is -2.16. The first-order valence-electron chi connectivity index (χ1n) is 6.83. The van der Waals surface area contributed by atoms with Gasteiger partial charge in [-0.2, -0.15) is 0 Å². The molecule has 0 aliphatic carbocycles. The van der Waals surface area contributed by atoms with Crippen LogP contribution in [0.25, 0.3) is 0 Å². The Morgan fingerprint density at radius 1 is 1.06 bits per heavy atom. The Morgan fingerprint density at radius 2 is 1.59 bits per heavy atom. The number of hydrogen-bond acceptors (Lipinski definition) is 1. The molecule has 0 aliphatic heterocycles. The summed E-state index contributed by atoms with van der Waals surface area (Å²) in [5.41, 5.74) is 0. The zero-order valence-electron chi connectivity index (χ0n) is 11.9. The molecule has 17 heavy (non-hydrogen) atoms. The number of carbonyl (C=O) groups is 1. The molecule has 0 saturated heterocycles. The second-order valence-corrected chi connectivity index (χ2v) is 10.8. The molecule has 0 amide bonds. The van der Waals surface area contributed by atoms with Crippen LogP contribution in [-0.2, 0) is 4.79 Å². The van der Waals surface area contributed by atoms with Crippen molar-refractivity contribution in [2.75, 3.05) is 0 Å². The van der Waals surface area contributed by atoms with Crippen LogP contribution in [0.5, 0.6) is 0 Å². The van der Waals surface area contributed by atoms with Gasteiger partial charge in [-0.05, 0) is 12.8 Å². The van der Waals surface area contributed by atoms with Gasteiger partial charge in [-0.3, -0.25) is 0 Å². The van der Waals surface area contributed by atoms with Gasteiger partial charge in [-0.15, -0.1) is 0 Å². The van der Waals surface area contributed by atoms with Crippen molar-refractivity contribution >= 4 is 14.0 Å². The van der Waals surface area contributed by atoms with Crippen LogP contribution < -0.4 is 0 Å². The van der Waals surface area contributed by atoms with Crippen LogP contribution in [0, 0.1) is 0 Å². The van der Waals surface area contributed by atoms with Gasteiger partial charge in [0.05, 0.1) is 8.07 Å². The van der Waals surface area contributed by atoms with E-state index in [9.17, 15) is 4.79 Å². The van der Waals surface area contributed by atoms with Crippen molar-refractivity contribution in [3.63, 3.8) is 0 Å². The van der Waals surface area contributed by atoms with Crippen molar-refractivity contribution < 1.29 is 9.90 Å². The van der Waals surface area contributed by atoms with Crippen molar-refractivity contribution in [2.45, 2.75) is 71.5 Å². The minimum absolute atomic E-state index is 0.686. The first-order chi connectivity index (χ1) is 7.89. The summed E-state index contributed by atoms with van der Waals surface area (Å²) >= 11 is 0. The summed E-state index contributed by atoms with van der Waals surface area (Å²) in [6.07, 6.45) is 10.5. The molecule has 0 fully saturated rings. The standard InChI is InChI=1S/C14H28O2Si/c1-5-6-7-8-9-10-11-12-13(14(15)16)17(2,3)4/h12H,5-11H2,1-4H3,(H,15,16). The smallest absolute Gasteiger partial charge is 0.327 e. The molecular weight excluding hydrogens is 228 g/mol. The third-order valence-electron chi connectivity index (χ3n) is 2.94. The number of hydrogen-bond donors (Lipinski definition) is 1. The van der Waals surface area contributed by atoms with E-state index in [-0.39, 0.29) is 0 Å². The summed E-state index contributed by atoms with van der Waals surface area (Å²) in [4.78, 5) is 11.1. The normalized spacial score (nSPS) is 12.8. The average Bonchev–Trinajstić information content (AvgIpc) is 2.19. The topological polar surface area (TPSA) is 37.3 Å². The molecule has 0 aliphatic rings. The van der Waals surface area contributed by atoms with E-state index in [4.69, 9.17) is 5.11 Å². The number of allylic oxidation sites excluding steroid dienone is 1. The fourth-order valence-electron chi connectivity index (χ4n) is 1.89. The Hall–Kier alpha value is -0.573. The quantitative estimate of drug-likeness (QED) is 0.371. The Balaban J connectivity index is 3.91. The maximum absolute atomic E-state index is 11.1. The molecule has 0 spiro atoms. The highest BCUT2D eigenvalue weighted by molar-refractivity contribution is 6.86. The molecular formula is C14H28O2Si. The van der Waals surface area contributed by atoms with Crippen molar-refractivity contribution in [3.05, 3.63) is 11.3 Å². The van der Waals surface area contributed by atoms with E-state index in [1.807, 2.05) is 6.08 Å². The number of rotatable bonds is 9. The van der Waals surface area contributed by atoms with E-state index >= 15 is 0 Å². The molecule has 0 atom stereocenters. The average molecular weight is 256 g/mol. The summed E-state index contributed by atoms with van der Waals surface area (Å²) < 4.78 is 0. The highest BCUT2D eigenvalue weighted by Crippen LogP contribution is 2.17. The lowest BCUT2D eigenvalue weighted by atomic mass is 10.1. The summed E-state index contributed by atoms with van der Waals surface area (Å²) in [5, 5.41) is 9.83. The monoisotopic (exact) mass is 256 g/mol. The van der Waals surface area contributed by atoms with Crippen LogP contribution in [0.2, 0.25) is 19.6 Å². The second-order valence-electron chi connectivity index (χ2n) is 5.73. The van der Waals surface area contributed by atoms with Gasteiger partial charge in [-0.1, -0.05) is 64.7 Å². The number of carboxylic acid groups (broad SMARTS) is 1. The van der Waals surface area contributed by atoms with Crippen LogP contribution in [0.15, 0.2) is 11.3 Å². The number of unbranched alkanes of at least 4 members (excludes halogenated alkanes) is 6. The summed E-state index contributed by atoms with van der Waals surface area (Å²) in [6, 6.07) is 0. The molecule has 0 aromatic carbocycles. The molecule has 0 rings (SSSR count). The lowest BCUT2D eigenvalue weighted by Crippen LogP contribution is -2.29. The van der Waals surface area contributed by atoms with Crippen LogP contribution >= 0.6 is 0 Å². The van der Waals surface area contributed by atoms with E-state index in [0.29, 0.717) is 5.20 Å². The summed E-state index contributed by atoms with van der Waals surface area (Å²) in [5.74, 6) is -0.713. The van der Waals surface area contributed by atoms with Crippen molar-refractivity contribution in [1.29, 1.82) is 0 Å². The van der Waals surface area contributed by atoms with E-state index in [1.165, 1.54) is 32.1 Å². The van der Waals surface area contributed by atoms with E-state index in [0.717, 1.165) is 12.8 Å². The maximum Gasteiger partial charge on any atom is 0.327 e. The number of aliphatic carboxylic acids is 1. The predicted molar refractivity (Wildman–Crippen MR) is 77.1 cm³/mol. The molecule has 100 valence electrons. The SMILES string of the molecule is CCCCCCCCC=C(C(=O)O)[Si](C)(C)C. The van der Waals surface area contributed by atoms with E-state index in [1.54, 1.807) is 0 Å². The zero-order valence-corrected chi connectivity index (χ0v) is 12.9. The molecule has 2 nitrogen and oxygen atoms in total. The first-order valence-corrected chi connectivity index (χ1v) is 10.3. The highest BCUT2D eigenvalue weighted by Gasteiger charge is 2.24. The molecule has 1 N–H and O–H groups in total. The van der Waals surface area contributed by atoms with Crippen LogP contribution in [0.4, 0.5) is 0 Å². The van der Waals surface area contributed by atoms with Crippen LogP contribution in [-0.4, -0.2) is 19.1 Å². The predicted octanol–water partition coefficient (Wildman–Crippen LogP) is 4.63. The van der Waals surface area contributed by atoms with E-state index in [2.05, 4.69) is 26.6 Å². The largest absolute Gasteiger partial charge is 0.478 e. The Labute approximate surface area is 107 Å². The second kappa shape index (κ2) is 8.51. The molecule has 0 saturated carbocycles. The molecule has 0 radical (unpaired) electrons. The summed E-state index contributed by atoms with van der Waals surface area (Å²) in [6.45, 7) is 8.49. The number of carboxylic acids is 1. The van der Waals surface area contributed by atoms with Crippen LogP contribution in [0.3, 0.4) is 0 Å². The highest BCUT2D eigenvalue weighted by atomic mass is 28.3. The molecule has 0 aromatic rings. The molecule has 0 aromatic heterocycles. The third-order valence-corrected chi connectivity index (χ3v) is 4.98. The minimum atomic E-state index is -1.67. The van der Waals surface area contributed by atoms with Crippen molar-refractivity contribution in [3.8, 4) is 0 Å². The fourth-order valence-corrected chi connectivity index (χ4v) is 3.28. The van der Waals surface area contributed by atoms with Gasteiger partial charge < -0.3 is 5.11 Å². The van der Waals surface area contributed by atoms with E-state index < -0.39 is 14.0 Å². The fraction of sp³-hybridized carbons (Fsp3) is 0.786.